The van der Waals surface area contributed by atoms with Crippen LogP contribution in [0.25, 0.3) is 0 Å². The molecule has 0 radical (unpaired) electrons. The number of carboxylic acids is 1. The molecule has 2 N–H and O–H groups in total. The largest absolute Gasteiger partial charge is 0.480 e. The van der Waals surface area contributed by atoms with Gasteiger partial charge in [-0.1, -0.05) is 0 Å². The first kappa shape index (κ1) is 14.9. The highest BCUT2D eigenvalue weighted by atomic mass is 32.2. The molecule has 0 aromatic carbocycles. The molecule has 1 aromatic heterocycles. The Morgan fingerprint density at radius 2 is 2.00 bits per heavy atom. The Hall–Kier alpha value is -1.45. The zero-order valence-corrected chi connectivity index (χ0v) is 12.1. The van der Waals surface area contributed by atoms with Crippen LogP contribution in [0.5, 0.6) is 0 Å². The molecular weight excluding hydrogens is 286 g/mol. The number of aliphatic hydroxyl groups excluding tert-OH is 1. The monoisotopic (exact) mass is 303 g/mol. The molecule has 2 heterocycles. The van der Waals surface area contributed by atoms with Crippen LogP contribution in [0.4, 0.5) is 0 Å². The summed E-state index contributed by atoms with van der Waals surface area (Å²) < 4.78 is 27.4. The number of aliphatic carboxylic acids is 1. The van der Waals surface area contributed by atoms with Gasteiger partial charge in [0.25, 0.3) is 0 Å². The van der Waals surface area contributed by atoms with Gasteiger partial charge in [-0.3, -0.25) is 9.48 Å². The molecule has 1 fully saturated rings. The van der Waals surface area contributed by atoms with Crippen LogP contribution in [0.15, 0.2) is 4.90 Å². The molecule has 1 aliphatic heterocycles. The second-order valence-corrected chi connectivity index (χ2v) is 6.80. The van der Waals surface area contributed by atoms with Crippen molar-refractivity contribution in [3.05, 3.63) is 11.4 Å². The van der Waals surface area contributed by atoms with Crippen molar-refractivity contribution in [3.63, 3.8) is 0 Å². The van der Waals surface area contributed by atoms with Crippen LogP contribution >= 0.6 is 0 Å². The third-order valence-corrected chi connectivity index (χ3v) is 5.46. The van der Waals surface area contributed by atoms with Crippen molar-refractivity contribution in [2.24, 2.45) is 5.92 Å². The summed E-state index contributed by atoms with van der Waals surface area (Å²) in [6, 6.07) is 0. The van der Waals surface area contributed by atoms with Crippen molar-refractivity contribution in [1.82, 2.24) is 14.1 Å². The van der Waals surface area contributed by atoms with E-state index in [-0.39, 0.29) is 42.7 Å². The predicted octanol–water partition coefficient (Wildman–Crippen LogP) is -0.803. The summed E-state index contributed by atoms with van der Waals surface area (Å²) in [6.07, 6.45) is 0. The minimum Gasteiger partial charge on any atom is -0.480 e. The number of aromatic nitrogens is 2. The lowest BCUT2D eigenvalue weighted by atomic mass is 10.1. The Balaban J connectivity index is 2.33. The lowest BCUT2D eigenvalue weighted by Crippen LogP contribution is -2.51. The van der Waals surface area contributed by atoms with Crippen LogP contribution in [0.1, 0.15) is 11.4 Å². The number of nitrogens with zero attached hydrogens (tertiary/aromatic N) is 3. The van der Waals surface area contributed by atoms with Crippen molar-refractivity contribution in [1.29, 1.82) is 0 Å². The number of aliphatic hydroxyl groups is 1. The highest BCUT2D eigenvalue weighted by Crippen LogP contribution is 2.28. The number of rotatable bonds is 5. The summed E-state index contributed by atoms with van der Waals surface area (Å²) in [5.41, 5.74) is 0.605. The lowest BCUT2D eigenvalue weighted by molar-refractivity contribution is -0.137. The molecule has 112 valence electrons. The van der Waals surface area contributed by atoms with Gasteiger partial charge in [-0.15, -0.1) is 0 Å². The molecule has 0 amide bonds. The molecule has 1 aromatic rings. The Morgan fingerprint density at radius 1 is 1.40 bits per heavy atom. The van der Waals surface area contributed by atoms with Crippen molar-refractivity contribution in [2.75, 3.05) is 19.7 Å². The number of hydrogen-bond donors (Lipinski definition) is 2. The third-order valence-electron chi connectivity index (χ3n) is 3.38. The normalized spacial score (nSPS) is 17.1. The van der Waals surface area contributed by atoms with E-state index in [1.807, 2.05) is 0 Å². The second kappa shape index (κ2) is 5.15. The quantitative estimate of drug-likeness (QED) is 0.736. The van der Waals surface area contributed by atoms with E-state index in [9.17, 15) is 13.2 Å². The van der Waals surface area contributed by atoms with Gasteiger partial charge in [-0.2, -0.15) is 9.40 Å². The average molecular weight is 303 g/mol. The average Bonchev–Trinajstić information content (AvgIpc) is 2.51. The number of aryl methyl sites for hydroxylation is 1. The molecule has 0 saturated carbocycles. The zero-order chi connectivity index (χ0) is 15.1. The van der Waals surface area contributed by atoms with Gasteiger partial charge in [0.1, 0.15) is 11.4 Å². The maximum Gasteiger partial charge on any atom is 0.325 e. The molecule has 0 unspecified atom stereocenters. The lowest BCUT2D eigenvalue weighted by Gasteiger charge is -2.36. The molecule has 0 spiro atoms. The Kier molecular flexibility index (Phi) is 3.85. The molecule has 20 heavy (non-hydrogen) atoms. The number of sulfonamides is 1. The number of hydrogen-bond acceptors (Lipinski definition) is 5. The molecule has 9 heteroatoms. The third kappa shape index (κ3) is 2.43. The van der Waals surface area contributed by atoms with Crippen molar-refractivity contribution >= 4 is 16.0 Å². The van der Waals surface area contributed by atoms with Gasteiger partial charge in [0.2, 0.25) is 10.0 Å². The fourth-order valence-corrected chi connectivity index (χ4v) is 4.26. The number of carbonyl (C=O) groups is 1. The Morgan fingerprint density at radius 3 is 2.50 bits per heavy atom. The van der Waals surface area contributed by atoms with Crippen molar-refractivity contribution in [3.8, 4) is 0 Å². The standard InChI is InChI=1S/C11H17N3O5S/c1-7-11(8(2)14(12-7)5-10(16)17)20(18,19)13-3-9(4-13)6-15/h9,15H,3-6H2,1-2H3,(H,16,17). The molecule has 8 nitrogen and oxygen atoms in total. The maximum atomic E-state index is 12.5. The van der Waals surface area contributed by atoms with E-state index in [0.717, 1.165) is 0 Å². The topological polar surface area (TPSA) is 113 Å². The summed E-state index contributed by atoms with van der Waals surface area (Å²) in [6.45, 7) is 3.23. The highest BCUT2D eigenvalue weighted by molar-refractivity contribution is 7.89. The van der Waals surface area contributed by atoms with E-state index in [0.29, 0.717) is 5.69 Å². The first-order chi connectivity index (χ1) is 9.27. The van der Waals surface area contributed by atoms with Crippen LogP contribution in [0.2, 0.25) is 0 Å². The minimum atomic E-state index is -3.68. The molecule has 0 aliphatic carbocycles. The fraction of sp³-hybridized carbons (Fsp3) is 0.636. The van der Waals surface area contributed by atoms with Gasteiger partial charge in [-0.05, 0) is 13.8 Å². The summed E-state index contributed by atoms with van der Waals surface area (Å²) >= 11 is 0. The highest BCUT2D eigenvalue weighted by Gasteiger charge is 2.39. The van der Waals surface area contributed by atoms with Crippen molar-refractivity contribution in [2.45, 2.75) is 25.3 Å². The summed E-state index contributed by atoms with van der Waals surface area (Å²) in [5.74, 6) is -1.11. The summed E-state index contributed by atoms with van der Waals surface area (Å²) in [4.78, 5) is 10.8. The van der Waals surface area contributed by atoms with E-state index in [1.54, 1.807) is 13.8 Å². The van der Waals surface area contributed by atoms with Crippen LogP contribution < -0.4 is 0 Å². The summed E-state index contributed by atoms with van der Waals surface area (Å²) in [5, 5.41) is 21.7. The molecule has 0 atom stereocenters. The van der Waals surface area contributed by atoms with Crippen LogP contribution in [0.3, 0.4) is 0 Å². The molecule has 1 aliphatic rings. The Bertz CT molecular complexity index is 631. The molecule has 1 saturated heterocycles. The van der Waals surface area contributed by atoms with Gasteiger partial charge in [-0.25, -0.2) is 8.42 Å². The van der Waals surface area contributed by atoms with Crippen LogP contribution in [-0.2, 0) is 21.4 Å². The van der Waals surface area contributed by atoms with E-state index >= 15 is 0 Å². The zero-order valence-electron chi connectivity index (χ0n) is 11.3. The number of carboxylic acid groups (broad SMARTS) is 1. The Labute approximate surface area is 116 Å². The summed E-state index contributed by atoms with van der Waals surface area (Å²) in [7, 11) is -3.68. The molecule has 0 bridgehead atoms. The van der Waals surface area contributed by atoms with E-state index < -0.39 is 16.0 Å². The smallest absolute Gasteiger partial charge is 0.325 e. The minimum absolute atomic E-state index is 0.0283. The predicted molar refractivity (Wildman–Crippen MR) is 68.7 cm³/mol. The first-order valence-corrected chi connectivity index (χ1v) is 7.58. The van der Waals surface area contributed by atoms with Gasteiger partial charge >= 0.3 is 5.97 Å². The second-order valence-electron chi connectivity index (χ2n) is 4.92. The van der Waals surface area contributed by atoms with Gasteiger partial charge in [0.15, 0.2) is 0 Å². The van der Waals surface area contributed by atoms with Crippen LogP contribution in [0, 0.1) is 19.8 Å². The van der Waals surface area contributed by atoms with E-state index in [1.165, 1.54) is 8.99 Å². The molecule has 2 rings (SSSR count). The SMILES string of the molecule is Cc1nn(CC(=O)O)c(C)c1S(=O)(=O)N1CC(CO)C1. The van der Waals surface area contributed by atoms with E-state index in [2.05, 4.69) is 5.10 Å². The maximum absolute atomic E-state index is 12.5. The van der Waals surface area contributed by atoms with Gasteiger partial charge < -0.3 is 10.2 Å². The van der Waals surface area contributed by atoms with Crippen LogP contribution in [-0.4, -0.2) is 58.4 Å². The van der Waals surface area contributed by atoms with Gasteiger partial charge in [0.05, 0.1) is 11.4 Å². The van der Waals surface area contributed by atoms with Gasteiger partial charge in [0, 0.05) is 25.6 Å². The fourth-order valence-electron chi connectivity index (χ4n) is 2.30. The van der Waals surface area contributed by atoms with E-state index in [4.69, 9.17) is 10.2 Å². The first-order valence-electron chi connectivity index (χ1n) is 6.14. The molecular formula is C11H17N3O5S. The van der Waals surface area contributed by atoms with Crippen molar-refractivity contribution < 1.29 is 23.4 Å².